The number of benzene rings is 2. The maximum Gasteiger partial charge on any atom is 2.00 e. The Morgan fingerprint density at radius 2 is 0.434 bits per heavy atom. The van der Waals surface area contributed by atoms with Crippen LogP contribution in [0.1, 0.15) is 590 Å². The fraction of sp³-hybridized carbons (Fsp3) is 0.818. The Morgan fingerprint density at radius 1 is 0.239 bits per heavy atom. The number of nitrogens with zero attached hydrogens (tertiary/aromatic N) is 2. The number of allylic oxidation sites excluding steroid dienone is 4. The molecule has 2 nitrogen and oxygen atoms in total. The second kappa shape index (κ2) is 89.0. The van der Waals surface area contributed by atoms with Crippen molar-refractivity contribution in [3.8, 4) is 0 Å². The summed E-state index contributed by atoms with van der Waals surface area (Å²) in [6, 6.07) is 14.9. The van der Waals surface area contributed by atoms with Gasteiger partial charge in [-0.2, -0.15) is 12.8 Å². The molecule has 0 fully saturated rings. The first-order chi connectivity index (χ1) is 55.3. The molecule has 0 unspecified atom stereocenters. The van der Waals surface area contributed by atoms with Crippen molar-refractivity contribution in [3.63, 3.8) is 0 Å². The molecule has 3 rings (SSSR count). The Morgan fingerprint density at radius 3 is 0.655 bits per heavy atom. The van der Waals surface area contributed by atoms with Crippen molar-refractivity contribution in [2.45, 2.75) is 582 Å². The van der Waals surface area contributed by atoms with Gasteiger partial charge in [0.2, 0.25) is 11.4 Å². The number of hydrogen-bond acceptors (Lipinski definition) is 0. The van der Waals surface area contributed by atoms with Gasteiger partial charge in [0.25, 0.3) is 0 Å². The summed E-state index contributed by atoms with van der Waals surface area (Å²) in [6.45, 7) is 26.1. The standard InChI is InChI=1S/C90H158N2.2C10H21.Ni/c1-7-13-18-21-24-27-30-33-36-39-41-43-45-47-49-52-55-58-61-64-67-72-83-76-84(73-68-65-62-59-56-53-50-48-46-44-42-40-37-34-31-28-25-22-19-14-8-2)80-85(79-83)89-87(12-6)88(74-69-66-63-60-57-54-51-38-35-32-29-26-23-20-15-9-3)90(92(89)91)86-77-81(70-16-10-4)75-82(78-86)71-17-11-5;2*1-3-5-7-9-10-8-6-4-2;/h69,74-80H,7-68,70-73H2,1-6H3;2*1,3-10H2,2H3;/q;2*-1;+2. The molecule has 2 aromatic carbocycles. The SMILES string of the molecule is CCCCCCCCCCCCCCCCC=CC1=C(c2cc(CCCC)cc(CCCC)c2)[N+](=[N-])C(c2cc(CCCCCCCCCCCCCCCCCCCCCCC)cc(CCCCCCCCCCCCCCCCCCCCCCC)c2)=C1CC.[CH2-]CCCCCCCCC.[CH2-]CCCCCCCCC.[Ni+2]. The van der Waals surface area contributed by atoms with Crippen LogP contribution in [0.15, 0.2) is 59.7 Å². The Hall–Kier alpha value is -2.25. The van der Waals surface area contributed by atoms with Crippen LogP contribution in [-0.4, -0.2) is 4.70 Å². The van der Waals surface area contributed by atoms with E-state index in [-0.39, 0.29) is 16.5 Å². The third kappa shape index (κ3) is 67.2. The van der Waals surface area contributed by atoms with E-state index >= 15 is 0 Å². The van der Waals surface area contributed by atoms with Gasteiger partial charge in [-0.3, -0.25) is 0 Å². The van der Waals surface area contributed by atoms with Crippen LogP contribution < -0.4 is 0 Å². The van der Waals surface area contributed by atoms with Gasteiger partial charge in [0, 0.05) is 16.7 Å². The van der Waals surface area contributed by atoms with Gasteiger partial charge in [-0.1, -0.05) is 523 Å². The van der Waals surface area contributed by atoms with Gasteiger partial charge in [0.15, 0.2) is 0 Å². The summed E-state index contributed by atoms with van der Waals surface area (Å²) in [4.78, 5) is 0. The summed E-state index contributed by atoms with van der Waals surface area (Å²) in [7, 11) is 0. The van der Waals surface area contributed by atoms with E-state index in [1.807, 2.05) is 0 Å². The Bertz CT molecular complexity index is 2260. The fourth-order valence-electron chi connectivity index (χ4n) is 17.3. The quantitative estimate of drug-likeness (QED) is 0.0273. The minimum Gasteiger partial charge on any atom is -0.493 e. The zero-order valence-corrected chi connectivity index (χ0v) is 79.2. The summed E-state index contributed by atoms with van der Waals surface area (Å²) < 4.78 is 1.67. The van der Waals surface area contributed by atoms with E-state index in [1.54, 1.807) is 4.70 Å². The average molecular weight is 1610 g/mol. The van der Waals surface area contributed by atoms with Gasteiger partial charge >= 0.3 is 16.5 Å². The Kier molecular flexibility index (Phi) is 87.3. The molecular formula is C110H200N2Ni. The van der Waals surface area contributed by atoms with Crippen LogP contribution in [0.5, 0.6) is 0 Å². The molecule has 1 aliphatic heterocycles. The van der Waals surface area contributed by atoms with Crippen LogP contribution >= 0.6 is 0 Å². The Balaban J connectivity index is 0.00000521. The van der Waals surface area contributed by atoms with Gasteiger partial charge in [-0.25, -0.2) is 4.70 Å². The largest absolute Gasteiger partial charge is 2.00 e. The average Bonchev–Trinajstić information content (AvgIpc) is 1.61. The monoisotopic (exact) mass is 1610 g/mol. The Labute approximate surface area is 722 Å². The summed E-state index contributed by atoms with van der Waals surface area (Å²) in [5.41, 5.74) is 25.8. The van der Waals surface area contributed by atoms with Crippen molar-refractivity contribution in [2.24, 2.45) is 0 Å². The zero-order valence-electron chi connectivity index (χ0n) is 78.2. The van der Waals surface area contributed by atoms with Crippen molar-refractivity contribution in [1.82, 2.24) is 0 Å². The summed E-state index contributed by atoms with van der Waals surface area (Å²) in [5.74, 6) is 0. The van der Waals surface area contributed by atoms with Gasteiger partial charge in [-0.05, 0) is 117 Å². The molecule has 0 N–H and O–H groups in total. The van der Waals surface area contributed by atoms with E-state index in [0.717, 1.165) is 62.8 Å². The minimum atomic E-state index is 0. The first-order valence-electron chi connectivity index (χ1n) is 51.8. The fourth-order valence-corrected chi connectivity index (χ4v) is 17.3. The molecule has 0 bridgehead atoms. The topological polar surface area (TPSA) is 25.3 Å². The normalized spacial score (nSPS) is 12.2. The molecule has 0 atom stereocenters. The maximum absolute atomic E-state index is 13.0. The number of unbranched alkanes of at least 4 members (excludes halogenated alkanes) is 70. The van der Waals surface area contributed by atoms with Crippen LogP contribution in [0, 0.1) is 13.8 Å². The number of aryl methyl sites for hydroxylation is 4. The van der Waals surface area contributed by atoms with Gasteiger partial charge in [0.1, 0.15) is 0 Å². The van der Waals surface area contributed by atoms with Crippen LogP contribution in [-0.2, 0) is 42.2 Å². The minimum absolute atomic E-state index is 0. The molecule has 0 spiro atoms. The summed E-state index contributed by atoms with van der Waals surface area (Å²) >= 11 is 0. The predicted molar refractivity (Wildman–Crippen MR) is 511 cm³/mol. The van der Waals surface area contributed by atoms with Crippen LogP contribution in [0.4, 0.5) is 0 Å². The number of rotatable bonds is 83. The summed E-state index contributed by atoms with van der Waals surface area (Å²) in [5, 5.41) is 0. The first kappa shape index (κ1) is 111. The zero-order chi connectivity index (χ0) is 81.0. The van der Waals surface area contributed by atoms with Crippen molar-refractivity contribution in [2.75, 3.05) is 0 Å². The molecule has 1 aliphatic rings. The smallest absolute Gasteiger partial charge is 0.493 e. The van der Waals surface area contributed by atoms with Gasteiger partial charge in [-0.15, -0.1) is 0 Å². The van der Waals surface area contributed by atoms with Gasteiger partial charge in [0.05, 0.1) is 5.57 Å². The third-order valence-corrected chi connectivity index (χ3v) is 24.8. The molecule has 0 saturated heterocycles. The van der Waals surface area contributed by atoms with E-state index < -0.39 is 0 Å². The van der Waals surface area contributed by atoms with Crippen LogP contribution in [0.25, 0.3) is 16.9 Å². The summed E-state index contributed by atoms with van der Waals surface area (Å²) in [6.07, 6.45) is 117. The molecule has 113 heavy (non-hydrogen) atoms. The molecule has 0 saturated carbocycles. The molecule has 3 heteroatoms. The van der Waals surface area contributed by atoms with Crippen molar-refractivity contribution < 1.29 is 21.2 Å². The molecule has 1 heterocycles. The first-order valence-corrected chi connectivity index (χ1v) is 51.8. The molecular weight excluding hydrogens is 1410 g/mol. The molecule has 2 aromatic rings. The van der Waals surface area contributed by atoms with E-state index in [2.05, 4.69) is 118 Å². The predicted octanol–water partition coefficient (Wildman–Crippen LogP) is 39.8. The molecule has 0 amide bonds. The van der Waals surface area contributed by atoms with E-state index in [9.17, 15) is 5.53 Å². The second-order valence-electron chi connectivity index (χ2n) is 35.9. The van der Waals surface area contributed by atoms with Crippen molar-refractivity contribution in [3.05, 3.63) is 112 Å². The molecule has 0 aliphatic carbocycles. The second-order valence-corrected chi connectivity index (χ2v) is 35.9. The van der Waals surface area contributed by atoms with Crippen LogP contribution in [0.3, 0.4) is 0 Å². The van der Waals surface area contributed by atoms with Crippen LogP contribution in [0.2, 0.25) is 0 Å². The van der Waals surface area contributed by atoms with E-state index in [0.29, 0.717) is 0 Å². The number of hydrogen-bond donors (Lipinski definition) is 0. The molecule has 660 valence electrons. The van der Waals surface area contributed by atoms with Crippen molar-refractivity contribution >= 4 is 11.4 Å². The van der Waals surface area contributed by atoms with E-state index in [1.165, 1.54) is 520 Å². The molecule has 0 radical (unpaired) electrons. The van der Waals surface area contributed by atoms with Gasteiger partial charge < -0.3 is 19.4 Å². The van der Waals surface area contributed by atoms with E-state index in [4.69, 9.17) is 0 Å². The third-order valence-electron chi connectivity index (χ3n) is 24.8. The maximum atomic E-state index is 13.0. The van der Waals surface area contributed by atoms with Crippen molar-refractivity contribution in [1.29, 1.82) is 0 Å². The molecule has 0 aromatic heterocycles.